The summed E-state index contributed by atoms with van der Waals surface area (Å²) in [5, 5.41) is 21.0. The summed E-state index contributed by atoms with van der Waals surface area (Å²) in [5.74, 6) is -0.604. The fourth-order valence-electron chi connectivity index (χ4n) is 4.33. The molecule has 33 heavy (non-hydrogen) atoms. The minimum atomic E-state index is -0.411. The van der Waals surface area contributed by atoms with Crippen LogP contribution in [0.25, 0.3) is 28.2 Å². The number of phenolic OH excluding ortho intramolecular Hbond substituents is 2. The van der Waals surface area contributed by atoms with Crippen molar-refractivity contribution in [1.29, 1.82) is 0 Å². The molecule has 0 amide bonds. The molecule has 5 rings (SSSR count). The van der Waals surface area contributed by atoms with Gasteiger partial charge in [-0.15, -0.1) is 0 Å². The molecule has 6 nitrogen and oxygen atoms in total. The number of phenols is 2. The van der Waals surface area contributed by atoms with E-state index in [4.69, 9.17) is 4.74 Å². The Balaban J connectivity index is 1.73. The fourth-order valence-corrected chi connectivity index (χ4v) is 4.33. The number of rotatable bonds is 5. The Morgan fingerprint density at radius 3 is 2.48 bits per heavy atom. The predicted octanol–water partition coefficient (Wildman–Crippen LogP) is 4.90. The van der Waals surface area contributed by atoms with Crippen molar-refractivity contribution in [3.63, 3.8) is 0 Å². The van der Waals surface area contributed by atoms with Gasteiger partial charge in [0.05, 0.1) is 5.69 Å². The van der Waals surface area contributed by atoms with E-state index in [2.05, 4.69) is 27.7 Å². The molecular weight excluding hydrogens is 416 g/mol. The van der Waals surface area contributed by atoms with E-state index in [0.29, 0.717) is 0 Å². The van der Waals surface area contributed by atoms with E-state index in [0.717, 1.165) is 46.9 Å². The van der Waals surface area contributed by atoms with Crippen LogP contribution in [0.5, 0.6) is 17.2 Å². The van der Waals surface area contributed by atoms with Crippen LogP contribution in [0.2, 0.25) is 0 Å². The maximum atomic E-state index is 13.1. The Labute approximate surface area is 191 Å². The van der Waals surface area contributed by atoms with Crippen molar-refractivity contribution < 1.29 is 19.7 Å². The Bertz CT molecular complexity index is 1400. The number of ether oxygens (including phenoxy) is 1. The molecule has 166 valence electrons. The summed E-state index contributed by atoms with van der Waals surface area (Å²) < 4.78 is 8.08. The highest BCUT2D eigenvalue weighted by molar-refractivity contribution is 6.17. The summed E-state index contributed by atoms with van der Waals surface area (Å²) in [5.41, 5.74) is 4.02. The minimum Gasteiger partial charge on any atom is -0.508 e. The van der Waals surface area contributed by atoms with Crippen LogP contribution in [0.1, 0.15) is 15.9 Å². The fraction of sp³-hybridized carbons (Fsp3) is 0.148. The number of likely N-dealkylation sites (N-methyl/N-ethyl adjacent to an activating group) is 1. The molecule has 1 aliphatic rings. The highest BCUT2D eigenvalue weighted by atomic mass is 16.5. The number of hydrogen-bond acceptors (Lipinski definition) is 5. The standard InChI is InChI=1S/C27H24N2O4/c1-28(2)12-13-29-21-11-7-6-10-19(21)20(26(29)17-8-4-3-5-9-17)16-24-27(32)25-22(31)14-18(30)15-23(25)33-24/h3-11,14-16,30-31H,12-13H2,1-2H3/b24-16-. The molecule has 0 saturated carbocycles. The molecule has 0 atom stereocenters. The van der Waals surface area contributed by atoms with Gasteiger partial charge in [-0.05, 0) is 31.8 Å². The molecule has 0 aliphatic carbocycles. The van der Waals surface area contributed by atoms with Gasteiger partial charge in [0, 0.05) is 41.7 Å². The number of ketones is 1. The lowest BCUT2D eigenvalue weighted by Gasteiger charge is -2.15. The zero-order chi connectivity index (χ0) is 23.1. The van der Waals surface area contributed by atoms with Crippen molar-refractivity contribution >= 4 is 22.8 Å². The van der Waals surface area contributed by atoms with Crippen molar-refractivity contribution in [3.8, 4) is 28.5 Å². The number of carbonyl (C=O) groups excluding carboxylic acids is 1. The molecule has 0 bridgehead atoms. The van der Waals surface area contributed by atoms with Gasteiger partial charge in [-0.1, -0.05) is 48.5 Å². The zero-order valence-electron chi connectivity index (χ0n) is 18.4. The quantitative estimate of drug-likeness (QED) is 0.432. The number of aromatic nitrogens is 1. The monoisotopic (exact) mass is 440 g/mol. The van der Waals surface area contributed by atoms with Gasteiger partial charge in [0.2, 0.25) is 5.78 Å². The van der Waals surface area contributed by atoms with Gasteiger partial charge in [-0.2, -0.15) is 0 Å². The van der Waals surface area contributed by atoms with Crippen LogP contribution >= 0.6 is 0 Å². The number of Topliss-reactive ketones (excluding diaryl/α,β-unsaturated/α-hetero) is 1. The third kappa shape index (κ3) is 3.64. The molecule has 3 aromatic carbocycles. The highest BCUT2D eigenvalue weighted by Gasteiger charge is 2.32. The minimum absolute atomic E-state index is 0.0663. The van der Waals surface area contributed by atoms with Gasteiger partial charge in [-0.25, -0.2) is 0 Å². The van der Waals surface area contributed by atoms with Crippen molar-refractivity contribution in [1.82, 2.24) is 9.47 Å². The van der Waals surface area contributed by atoms with E-state index in [1.807, 2.05) is 50.5 Å². The first-order chi connectivity index (χ1) is 15.9. The van der Waals surface area contributed by atoms with Crippen LogP contribution in [0, 0.1) is 0 Å². The second-order valence-corrected chi connectivity index (χ2v) is 8.38. The Morgan fingerprint density at radius 2 is 1.73 bits per heavy atom. The zero-order valence-corrected chi connectivity index (χ0v) is 18.4. The van der Waals surface area contributed by atoms with Crippen LogP contribution in [-0.4, -0.2) is 46.1 Å². The van der Waals surface area contributed by atoms with Crippen LogP contribution in [0.3, 0.4) is 0 Å². The van der Waals surface area contributed by atoms with Gasteiger partial charge in [-0.3, -0.25) is 4.79 Å². The number of carbonyl (C=O) groups is 1. The lowest BCUT2D eigenvalue weighted by atomic mass is 10.0. The van der Waals surface area contributed by atoms with Crippen LogP contribution in [0.15, 0.2) is 72.5 Å². The summed E-state index contributed by atoms with van der Waals surface area (Å²) in [6.45, 7) is 1.62. The van der Waals surface area contributed by atoms with E-state index in [1.165, 1.54) is 6.07 Å². The summed E-state index contributed by atoms with van der Waals surface area (Å²) >= 11 is 0. The summed E-state index contributed by atoms with van der Waals surface area (Å²) in [7, 11) is 4.09. The van der Waals surface area contributed by atoms with E-state index in [9.17, 15) is 15.0 Å². The molecule has 0 fully saturated rings. The first-order valence-corrected chi connectivity index (χ1v) is 10.8. The summed E-state index contributed by atoms with van der Waals surface area (Å²) in [6, 6.07) is 20.7. The molecule has 0 spiro atoms. The molecule has 0 radical (unpaired) electrons. The molecule has 2 N–H and O–H groups in total. The van der Waals surface area contributed by atoms with Crippen LogP contribution in [-0.2, 0) is 6.54 Å². The van der Waals surface area contributed by atoms with Crippen molar-refractivity contribution in [3.05, 3.63) is 83.6 Å². The van der Waals surface area contributed by atoms with Crippen LogP contribution < -0.4 is 4.74 Å². The largest absolute Gasteiger partial charge is 0.508 e. The number of benzene rings is 3. The van der Waals surface area contributed by atoms with E-state index in [-0.39, 0.29) is 28.6 Å². The van der Waals surface area contributed by atoms with Gasteiger partial charge >= 0.3 is 0 Å². The number of fused-ring (bicyclic) bond motifs is 2. The number of para-hydroxylation sites is 1. The maximum Gasteiger partial charge on any atom is 0.235 e. The molecule has 4 aromatic rings. The predicted molar refractivity (Wildman–Crippen MR) is 129 cm³/mol. The Hall–Kier alpha value is -4.03. The van der Waals surface area contributed by atoms with Gasteiger partial charge in [0.1, 0.15) is 22.8 Å². The van der Waals surface area contributed by atoms with E-state index < -0.39 is 5.78 Å². The SMILES string of the molecule is CN(C)CCn1c(-c2ccccc2)c(/C=C2\Oc3cc(O)cc(O)c3C2=O)c2ccccc21. The Kier molecular flexibility index (Phi) is 5.15. The second-order valence-electron chi connectivity index (χ2n) is 8.38. The molecule has 2 heterocycles. The Morgan fingerprint density at radius 1 is 1.00 bits per heavy atom. The van der Waals surface area contributed by atoms with Gasteiger partial charge in [0.15, 0.2) is 5.76 Å². The second kappa shape index (κ2) is 8.15. The van der Waals surface area contributed by atoms with Crippen molar-refractivity contribution in [2.24, 2.45) is 0 Å². The maximum absolute atomic E-state index is 13.1. The van der Waals surface area contributed by atoms with Crippen molar-refractivity contribution in [2.75, 3.05) is 20.6 Å². The van der Waals surface area contributed by atoms with Gasteiger partial charge < -0.3 is 24.4 Å². The van der Waals surface area contributed by atoms with E-state index >= 15 is 0 Å². The average Bonchev–Trinajstić information content (AvgIpc) is 3.27. The summed E-state index contributed by atoms with van der Waals surface area (Å²) in [4.78, 5) is 15.2. The average molecular weight is 440 g/mol. The van der Waals surface area contributed by atoms with Crippen LogP contribution in [0.4, 0.5) is 0 Å². The van der Waals surface area contributed by atoms with Gasteiger partial charge in [0.25, 0.3) is 0 Å². The molecular formula is C27H24N2O4. The lowest BCUT2D eigenvalue weighted by molar-refractivity contribution is 0.101. The third-order valence-corrected chi connectivity index (χ3v) is 5.84. The molecule has 1 aromatic heterocycles. The first kappa shape index (κ1) is 20.8. The highest BCUT2D eigenvalue weighted by Crippen LogP contribution is 2.42. The molecule has 1 aliphatic heterocycles. The lowest BCUT2D eigenvalue weighted by Crippen LogP contribution is -2.18. The number of aromatic hydroxyl groups is 2. The van der Waals surface area contributed by atoms with Crippen molar-refractivity contribution in [2.45, 2.75) is 6.54 Å². The third-order valence-electron chi connectivity index (χ3n) is 5.84. The summed E-state index contributed by atoms with van der Waals surface area (Å²) in [6.07, 6.45) is 1.75. The number of nitrogens with zero attached hydrogens (tertiary/aromatic N) is 2. The topological polar surface area (TPSA) is 74.9 Å². The molecule has 0 saturated heterocycles. The smallest absolute Gasteiger partial charge is 0.235 e. The molecule has 6 heteroatoms. The number of allylic oxidation sites excluding steroid dienone is 1. The molecule has 0 unspecified atom stereocenters. The first-order valence-electron chi connectivity index (χ1n) is 10.8. The number of hydrogen-bond donors (Lipinski definition) is 2. The van der Waals surface area contributed by atoms with E-state index in [1.54, 1.807) is 6.08 Å². The normalized spacial score (nSPS) is 14.3.